The Bertz CT molecular complexity index is 1010. The third-order valence-corrected chi connectivity index (χ3v) is 7.21. The smallest absolute Gasteiger partial charge is 0.243 e. The van der Waals surface area contributed by atoms with Crippen LogP contribution in [0.2, 0.25) is 0 Å². The summed E-state index contributed by atoms with van der Waals surface area (Å²) >= 11 is 0. The predicted molar refractivity (Wildman–Crippen MR) is 117 cm³/mol. The van der Waals surface area contributed by atoms with Crippen LogP contribution in [0.15, 0.2) is 36.7 Å². The molecule has 3 aliphatic rings. The molecule has 32 heavy (non-hydrogen) atoms. The first-order chi connectivity index (χ1) is 15.5. The monoisotopic (exact) mass is 439 g/mol. The Hall–Kier alpha value is -2.74. The number of amides is 2. The highest BCUT2D eigenvalue weighted by Gasteiger charge is 2.51. The van der Waals surface area contributed by atoms with Crippen LogP contribution < -0.4 is 5.32 Å². The van der Waals surface area contributed by atoms with Gasteiger partial charge in [0.15, 0.2) is 0 Å². The van der Waals surface area contributed by atoms with Gasteiger partial charge in [0.2, 0.25) is 11.8 Å². The van der Waals surface area contributed by atoms with Gasteiger partial charge in [-0.3, -0.25) is 19.2 Å². The van der Waals surface area contributed by atoms with Gasteiger partial charge in [0.1, 0.15) is 11.9 Å². The van der Waals surface area contributed by atoms with E-state index < -0.39 is 6.04 Å². The van der Waals surface area contributed by atoms with E-state index in [2.05, 4.69) is 15.3 Å². The Morgan fingerprint density at radius 2 is 2.09 bits per heavy atom. The standard InChI is InChI=1S/C24H30FN5O2/c1-28-12-17(11-27-28)10-26-24(32)23-19-9-18(21-6-3-7-22(31)30(21)23)14-29(15-19)13-16-4-2-5-20(25)8-16/h2,4-5,8,11-12,18-19,21,23H,3,6-7,9-10,13-15H2,1H3,(H,26,32)/t18-,19+,21+,23-/m1/s1. The first kappa shape index (κ1) is 21.1. The maximum atomic E-state index is 13.7. The lowest BCUT2D eigenvalue weighted by atomic mass is 9.71. The molecular formula is C24H30FN5O2. The molecule has 4 atom stereocenters. The van der Waals surface area contributed by atoms with Crippen LogP contribution in [0.1, 0.15) is 36.8 Å². The lowest BCUT2D eigenvalue weighted by Gasteiger charge is -2.56. The Labute approximate surface area is 187 Å². The van der Waals surface area contributed by atoms with Crippen molar-refractivity contribution in [2.45, 2.75) is 50.9 Å². The molecule has 0 spiro atoms. The molecule has 4 heterocycles. The van der Waals surface area contributed by atoms with E-state index in [0.29, 0.717) is 25.4 Å². The molecule has 2 aromatic rings. The summed E-state index contributed by atoms with van der Waals surface area (Å²) in [6.45, 7) is 2.68. The molecule has 2 amide bonds. The van der Waals surface area contributed by atoms with Gasteiger partial charge in [-0.25, -0.2) is 4.39 Å². The molecule has 0 unspecified atom stereocenters. The maximum Gasteiger partial charge on any atom is 0.243 e. The summed E-state index contributed by atoms with van der Waals surface area (Å²) in [6.07, 6.45) is 6.94. The molecule has 3 fully saturated rings. The maximum absolute atomic E-state index is 13.7. The highest BCUT2D eigenvalue weighted by atomic mass is 19.1. The number of fused-ring (bicyclic) bond motifs is 4. The van der Waals surface area contributed by atoms with Gasteiger partial charge in [0, 0.05) is 63.4 Å². The van der Waals surface area contributed by atoms with Crippen molar-refractivity contribution in [2.24, 2.45) is 18.9 Å². The van der Waals surface area contributed by atoms with Gasteiger partial charge < -0.3 is 10.2 Å². The van der Waals surface area contributed by atoms with Gasteiger partial charge in [-0.1, -0.05) is 12.1 Å². The van der Waals surface area contributed by atoms with Gasteiger partial charge in [-0.15, -0.1) is 0 Å². The Morgan fingerprint density at radius 3 is 2.88 bits per heavy atom. The summed E-state index contributed by atoms with van der Waals surface area (Å²) in [4.78, 5) is 30.6. The summed E-state index contributed by atoms with van der Waals surface area (Å²) in [5.74, 6) is 0.237. The largest absolute Gasteiger partial charge is 0.350 e. The lowest BCUT2D eigenvalue weighted by Crippen LogP contribution is -2.68. The van der Waals surface area contributed by atoms with Crippen LogP contribution in [0.3, 0.4) is 0 Å². The molecule has 1 aromatic carbocycles. The number of halogens is 1. The number of carbonyl (C=O) groups excluding carboxylic acids is 2. The molecule has 1 N–H and O–H groups in total. The fourth-order valence-corrected chi connectivity index (χ4v) is 5.97. The third-order valence-electron chi connectivity index (χ3n) is 7.21. The molecule has 3 saturated heterocycles. The number of carbonyl (C=O) groups is 2. The first-order valence-corrected chi connectivity index (χ1v) is 11.5. The van der Waals surface area contributed by atoms with Crippen molar-refractivity contribution in [2.75, 3.05) is 13.1 Å². The summed E-state index contributed by atoms with van der Waals surface area (Å²) in [6, 6.07) is 6.39. The number of piperidine rings is 3. The molecule has 2 bridgehead atoms. The molecule has 170 valence electrons. The zero-order valence-corrected chi connectivity index (χ0v) is 18.4. The van der Waals surface area contributed by atoms with Crippen molar-refractivity contribution >= 4 is 11.8 Å². The number of aromatic nitrogens is 2. The van der Waals surface area contributed by atoms with Crippen molar-refractivity contribution in [3.8, 4) is 0 Å². The highest BCUT2D eigenvalue weighted by Crippen LogP contribution is 2.42. The third kappa shape index (κ3) is 4.16. The van der Waals surface area contributed by atoms with Crippen LogP contribution in [0.4, 0.5) is 4.39 Å². The van der Waals surface area contributed by atoms with Crippen molar-refractivity contribution in [3.05, 3.63) is 53.6 Å². The van der Waals surface area contributed by atoms with Crippen LogP contribution in [0.25, 0.3) is 0 Å². The van der Waals surface area contributed by atoms with E-state index in [9.17, 15) is 14.0 Å². The SMILES string of the molecule is Cn1cc(CNC(=O)[C@H]2[C@H]3C[C@H](CN(Cc4cccc(F)c4)C3)[C@@H]3CCCC(=O)N32)cn1. The minimum atomic E-state index is -0.448. The van der Waals surface area contributed by atoms with Crippen LogP contribution in [-0.2, 0) is 29.7 Å². The van der Waals surface area contributed by atoms with E-state index in [1.165, 1.54) is 6.07 Å². The van der Waals surface area contributed by atoms with E-state index in [1.807, 2.05) is 24.2 Å². The minimum absolute atomic E-state index is 0.0782. The second-order valence-corrected chi connectivity index (χ2v) is 9.53. The average molecular weight is 440 g/mol. The minimum Gasteiger partial charge on any atom is -0.350 e. The average Bonchev–Trinajstić information content (AvgIpc) is 3.18. The Kier molecular flexibility index (Phi) is 5.71. The Balaban J connectivity index is 1.35. The van der Waals surface area contributed by atoms with E-state index in [-0.39, 0.29) is 29.6 Å². The normalized spacial score (nSPS) is 27.8. The van der Waals surface area contributed by atoms with E-state index in [4.69, 9.17) is 0 Å². The molecular weight excluding hydrogens is 409 g/mol. The van der Waals surface area contributed by atoms with E-state index in [1.54, 1.807) is 23.0 Å². The number of benzene rings is 1. The lowest BCUT2D eigenvalue weighted by molar-refractivity contribution is -0.160. The molecule has 1 aromatic heterocycles. The summed E-state index contributed by atoms with van der Waals surface area (Å²) in [7, 11) is 1.85. The predicted octanol–water partition coefficient (Wildman–Crippen LogP) is 2.08. The number of aryl methyl sites for hydroxylation is 1. The van der Waals surface area contributed by atoms with Crippen LogP contribution >= 0.6 is 0 Å². The van der Waals surface area contributed by atoms with Gasteiger partial charge >= 0.3 is 0 Å². The van der Waals surface area contributed by atoms with E-state index >= 15 is 0 Å². The topological polar surface area (TPSA) is 70.5 Å². The first-order valence-electron chi connectivity index (χ1n) is 11.5. The second-order valence-electron chi connectivity index (χ2n) is 9.53. The number of hydrogen-bond acceptors (Lipinski definition) is 4. The van der Waals surface area contributed by atoms with Crippen molar-refractivity contribution in [1.29, 1.82) is 0 Å². The van der Waals surface area contributed by atoms with Gasteiger partial charge in [-0.05, 0) is 42.9 Å². The van der Waals surface area contributed by atoms with Gasteiger partial charge in [-0.2, -0.15) is 5.10 Å². The van der Waals surface area contributed by atoms with Crippen LogP contribution in [-0.4, -0.2) is 56.6 Å². The molecule has 8 heteroatoms. The number of likely N-dealkylation sites (tertiary alicyclic amines) is 1. The van der Waals surface area contributed by atoms with Crippen molar-refractivity contribution < 1.29 is 14.0 Å². The second kappa shape index (κ2) is 8.65. The zero-order valence-electron chi connectivity index (χ0n) is 18.4. The summed E-state index contributed by atoms with van der Waals surface area (Å²) in [5.41, 5.74) is 1.88. The Morgan fingerprint density at radius 1 is 1.25 bits per heavy atom. The molecule has 0 aliphatic carbocycles. The molecule has 3 aliphatic heterocycles. The summed E-state index contributed by atoms with van der Waals surface area (Å²) < 4.78 is 15.4. The number of rotatable bonds is 5. The highest BCUT2D eigenvalue weighted by molar-refractivity contribution is 5.89. The number of nitrogens with one attached hydrogen (secondary N) is 1. The van der Waals surface area contributed by atoms with Crippen molar-refractivity contribution in [3.63, 3.8) is 0 Å². The summed E-state index contributed by atoms with van der Waals surface area (Å²) in [5, 5.41) is 7.21. The van der Waals surface area contributed by atoms with Gasteiger partial charge in [0.25, 0.3) is 0 Å². The molecule has 0 saturated carbocycles. The molecule has 0 radical (unpaired) electrons. The fraction of sp³-hybridized carbons (Fsp3) is 0.542. The molecule has 7 nitrogen and oxygen atoms in total. The molecule has 5 rings (SSSR count). The van der Waals surface area contributed by atoms with E-state index in [0.717, 1.165) is 43.5 Å². The number of nitrogens with zero attached hydrogens (tertiary/aromatic N) is 4. The van der Waals surface area contributed by atoms with Gasteiger partial charge in [0.05, 0.1) is 6.20 Å². The van der Waals surface area contributed by atoms with Crippen LogP contribution in [0, 0.1) is 17.7 Å². The van der Waals surface area contributed by atoms with Crippen LogP contribution in [0.5, 0.6) is 0 Å². The quantitative estimate of drug-likeness (QED) is 0.775. The zero-order chi connectivity index (χ0) is 22.2. The number of hydrogen-bond donors (Lipinski definition) is 1. The van der Waals surface area contributed by atoms with Crippen molar-refractivity contribution in [1.82, 2.24) is 24.9 Å². The fourth-order valence-electron chi connectivity index (χ4n) is 5.97.